The minimum Gasteiger partial charge on any atom is -0.0649 e. The van der Waals surface area contributed by atoms with E-state index < -0.39 is 0 Å². The summed E-state index contributed by atoms with van der Waals surface area (Å²) in [7, 11) is 0. The average molecular weight is 252 g/mol. The maximum Gasteiger partial charge on any atom is -0.0167 e. The normalized spacial score (nSPS) is 32.5. The number of hydrogen-bond acceptors (Lipinski definition) is 0. The van der Waals surface area contributed by atoms with Crippen LogP contribution in [0.2, 0.25) is 0 Å². The Morgan fingerprint density at radius 2 is 1.56 bits per heavy atom. The molecule has 18 heavy (non-hydrogen) atoms. The summed E-state index contributed by atoms with van der Waals surface area (Å²) in [5.41, 5.74) is 1.59. The van der Waals surface area contributed by atoms with E-state index in [-0.39, 0.29) is 0 Å². The molecule has 1 aliphatic rings. The van der Waals surface area contributed by atoms with Crippen molar-refractivity contribution in [2.24, 2.45) is 22.2 Å². The van der Waals surface area contributed by atoms with Gasteiger partial charge in [0.1, 0.15) is 0 Å². The van der Waals surface area contributed by atoms with Gasteiger partial charge in [-0.05, 0) is 47.8 Å². The Morgan fingerprint density at radius 3 is 1.94 bits per heavy atom. The summed E-state index contributed by atoms with van der Waals surface area (Å²) in [6.45, 7) is 17.4. The van der Waals surface area contributed by atoms with E-state index in [0.29, 0.717) is 16.2 Å². The van der Waals surface area contributed by atoms with Gasteiger partial charge in [0.05, 0.1) is 0 Å². The molecule has 1 rings (SSSR count). The van der Waals surface area contributed by atoms with Gasteiger partial charge in [0.15, 0.2) is 0 Å². The van der Waals surface area contributed by atoms with E-state index in [1.165, 1.54) is 44.9 Å². The van der Waals surface area contributed by atoms with Crippen molar-refractivity contribution in [3.05, 3.63) is 0 Å². The summed E-state index contributed by atoms with van der Waals surface area (Å²) in [6.07, 6.45) is 9.75. The number of rotatable bonds is 5. The second kappa shape index (κ2) is 5.55. The summed E-state index contributed by atoms with van der Waals surface area (Å²) < 4.78 is 0. The molecular formula is C18H36. The molecular weight excluding hydrogens is 216 g/mol. The molecule has 108 valence electrons. The lowest BCUT2D eigenvalue weighted by molar-refractivity contribution is -0.153. The summed E-state index contributed by atoms with van der Waals surface area (Å²) in [6, 6.07) is 0. The fraction of sp³-hybridized carbons (Fsp3) is 1.00. The van der Waals surface area contributed by atoms with Crippen LogP contribution >= 0.6 is 0 Å². The summed E-state index contributed by atoms with van der Waals surface area (Å²) in [5, 5.41) is 0. The zero-order valence-corrected chi connectivity index (χ0v) is 14.0. The highest BCUT2D eigenvalue weighted by Gasteiger charge is 2.59. The summed E-state index contributed by atoms with van der Waals surface area (Å²) in [4.78, 5) is 0. The van der Waals surface area contributed by atoms with Crippen molar-refractivity contribution in [3.63, 3.8) is 0 Å². The quantitative estimate of drug-likeness (QED) is 0.528. The van der Waals surface area contributed by atoms with Crippen LogP contribution in [0.4, 0.5) is 0 Å². The van der Waals surface area contributed by atoms with Gasteiger partial charge in [-0.1, -0.05) is 67.7 Å². The molecule has 0 aliphatic heterocycles. The van der Waals surface area contributed by atoms with Crippen molar-refractivity contribution in [1.29, 1.82) is 0 Å². The molecule has 2 atom stereocenters. The van der Waals surface area contributed by atoms with E-state index in [2.05, 4.69) is 48.5 Å². The van der Waals surface area contributed by atoms with E-state index in [9.17, 15) is 0 Å². The molecule has 0 amide bonds. The van der Waals surface area contributed by atoms with Crippen molar-refractivity contribution in [3.8, 4) is 0 Å². The van der Waals surface area contributed by atoms with E-state index >= 15 is 0 Å². The lowest BCUT2D eigenvalue weighted by Crippen LogP contribution is -2.56. The molecule has 1 aliphatic carbocycles. The Morgan fingerprint density at radius 1 is 1.00 bits per heavy atom. The van der Waals surface area contributed by atoms with Crippen LogP contribution < -0.4 is 0 Å². The molecule has 0 bridgehead atoms. The Kier molecular flexibility index (Phi) is 4.95. The van der Waals surface area contributed by atoms with Crippen molar-refractivity contribution in [2.75, 3.05) is 0 Å². The van der Waals surface area contributed by atoms with Gasteiger partial charge in [-0.3, -0.25) is 0 Å². The standard InChI is InChI=1S/C18H36/c1-8-16(6,7)18(11-4)15(5)13-12-14-17(18,9-2)10-3/h15H,8-14H2,1-7H3. The SMILES string of the molecule is CCC(C)(C)C1(CC)C(C)CCCC1(CC)CC. The van der Waals surface area contributed by atoms with Crippen LogP contribution in [0, 0.1) is 22.2 Å². The molecule has 1 saturated carbocycles. The second-order valence-electron chi connectivity index (χ2n) is 7.34. The van der Waals surface area contributed by atoms with Gasteiger partial charge in [-0.2, -0.15) is 0 Å². The van der Waals surface area contributed by atoms with Gasteiger partial charge in [0, 0.05) is 0 Å². The first kappa shape index (κ1) is 16.1. The lowest BCUT2D eigenvalue weighted by atomic mass is 9.40. The Labute approximate surface area is 116 Å². The van der Waals surface area contributed by atoms with Gasteiger partial charge in [-0.15, -0.1) is 0 Å². The summed E-state index contributed by atoms with van der Waals surface area (Å²) >= 11 is 0. The van der Waals surface area contributed by atoms with Gasteiger partial charge in [0.2, 0.25) is 0 Å². The van der Waals surface area contributed by atoms with E-state index in [1.807, 2.05) is 0 Å². The molecule has 0 aromatic heterocycles. The van der Waals surface area contributed by atoms with Crippen molar-refractivity contribution in [1.82, 2.24) is 0 Å². The van der Waals surface area contributed by atoms with Crippen molar-refractivity contribution >= 4 is 0 Å². The Hall–Kier alpha value is 0. The molecule has 0 N–H and O–H groups in total. The van der Waals surface area contributed by atoms with Crippen LogP contribution in [0.3, 0.4) is 0 Å². The molecule has 1 fully saturated rings. The third-order valence-corrected chi connectivity index (χ3v) is 7.08. The Bertz CT molecular complexity index is 259. The first-order valence-electron chi connectivity index (χ1n) is 8.37. The minimum absolute atomic E-state index is 0.466. The van der Waals surface area contributed by atoms with E-state index in [1.54, 1.807) is 0 Å². The van der Waals surface area contributed by atoms with Gasteiger partial charge >= 0.3 is 0 Å². The monoisotopic (exact) mass is 252 g/mol. The largest absolute Gasteiger partial charge is 0.0649 e. The van der Waals surface area contributed by atoms with Crippen LogP contribution in [-0.4, -0.2) is 0 Å². The molecule has 0 saturated heterocycles. The van der Waals surface area contributed by atoms with Gasteiger partial charge in [-0.25, -0.2) is 0 Å². The van der Waals surface area contributed by atoms with Crippen LogP contribution in [0.15, 0.2) is 0 Å². The predicted molar refractivity (Wildman–Crippen MR) is 82.8 cm³/mol. The highest BCUT2D eigenvalue weighted by molar-refractivity contribution is 5.08. The van der Waals surface area contributed by atoms with Crippen molar-refractivity contribution < 1.29 is 0 Å². The fourth-order valence-corrected chi connectivity index (χ4v) is 5.88. The highest BCUT2D eigenvalue weighted by atomic mass is 14.6. The molecule has 2 unspecified atom stereocenters. The molecule has 0 heteroatoms. The van der Waals surface area contributed by atoms with E-state index in [0.717, 1.165) is 5.92 Å². The molecule has 0 nitrogen and oxygen atoms in total. The van der Waals surface area contributed by atoms with Crippen LogP contribution in [0.25, 0.3) is 0 Å². The van der Waals surface area contributed by atoms with Crippen LogP contribution in [-0.2, 0) is 0 Å². The smallest absolute Gasteiger partial charge is 0.0167 e. The lowest BCUT2D eigenvalue weighted by Gasteiger charge is -2.64. The first-order chi connectivity index (χ1) is 8.37. The molecule has 0 spiro atoms. The van der Waals surface area contributed by atoms with Gasteiger partial charge in [0.25, 0.3) is 0 Å². The Balaban J connectivity index is 3.39. The highest BCUT2D eigenvalue weighted by Crippen LogP contribution is 2.67. The maximum absolute atomic E-state index is 2.54. The predicted octanol–water partition coefficient (Wildman–Crippen LogP) is 6.45. The third kappa shape index (κ3) is 1.95. The first-order valence-corrected chi connectivity index (χ1v) is 8.37. The number of hydrogen-bond donors (Lipinski definition) is 0. The van der Waals surface area contributed by atoms with E-state index in [4.69, 9.17) is 0 Å². The van der Waals surface area contributed by atoms with Crippen molar-refractivity contribution in [2.45, 2.75) is 93.4 Å². The summed E-state index contributed by atoms with van der Waals surface area (Å²) in [5.74, 6) is 0.881. The minimum atomic E-state index is 0.466. The maximum atomic E-state index is 2.54. The second-order valence-corrected chi connectivity index (χ2v) is 7.34. The zero-order chi connectivity index (χ0) is 14.0. The fourth-order valence-electron chi connectivity index (χ4n) is 5.88. The molecule has 0 radical (unpaired) electrons. The van der Waals surface area contributed by atoms with Crippen LogP contribution in [0.5, 0.6) is 0 Å². The average Bonchev–Trinajstić information content (AvgIpc) is 2.38. The zero-order valence-electron chi connectivity index (χ0n) is 14.0. The molecule has 0 heterocycles. The molecule has 0 aromatic rings. The van der Waals surface area contributed by atoms with Crippen LogP contribution in [0.1, 0.15) is 93.4 Å². The third-order valence-electron chi connectivity index (χ3n) is 7.08. The topological polar surface area (TPSA) is 0 Å². The van der Waals surface area contributed by atoms with Gasteiger partial charge < -0.3 is 0 Å². The molecule has 0 aromatic carbocycles.